The summed E-state index contributed by atoms with van der Waals surface area (Å²) in [7, 11) is 0. The molecule has 0 heteroatoms. The van der Waals surface area contributed by atoms with Crippen molar-refractivity contribution >= 4 is 16.3 Å². The molecule has 0 bridgehead atoms. The molecule has 0 saturated heterocycles. The average Bonchev–Trinajstić information content (AvgIpc) is 2.27. The fourth-order valence-electron chi connectivity index (χ4n) is 1.91. The van der Waals surface area contributed by atoms with Crippen LogP contribution in [0.2, 0.25) is 0 Å². The van der Waals surface area contributed by atoms with E-state index in [1.807, 2.05) is 0 Å². The summed E-state index contributed by atoms with van der Waals surface area (Å²) in [6.07, 6.45) is 1.08. The van der Waals surface area contributed by atoms with Gasteiger partial charge in [0, 0.05) is 0 Å². The van der Waals surface area contributed by atoms with Crippen LogP contribution in [0.15, 0.2) is 43.0 Å². The van der Waals surface area contributed by atoms with Gasteiger partial charge in [-0.25, -0.2) is 0 Å². The Morgan fingerprint density at radius 3 is 2.67 bits per heavy atom. The van der Waals surface area contributed by atoms with Gasteiger partial charge in [0.2, 0.25) is 0 Å². The second-order valence-corrected chi connectivity index (χ2v) is 3.99. The summed E-state index contributed by atoms with van der Waals surface area (Å²) >= 11 is 0. The fourth-order valence-corrected chi connectivity index (χ4v) is 1.91. The predicted molar refractivity (Wildman–Crippen MR) is 68.0 cm³/mol. The van der Waals surface area contributed by atoms with E-state index in [1.165, 1.54) is 21.9 Å². The molecule has 0 aromatic heterocycles. The van der Waals surface area contributed by atoms with Crippen LogP contribution >= 0.6 is 0 Å². The lowest BCUT2D eigenvalue weighted by molar-refractivity contribution is 1.16. The van der Waals surface area contributed by atoms with Crippen molar-refractivity contribution in [3.63, 3.8) is 0 Å². The van der Waals surface area contributed by atoms with Gasteiger partial charge >= 0.3 is 0 Å². The molecule has 2 rings (SSSR count). The Kier molecular flexibility index (Phi) is 2.59. The first-order valence-electron chi connectivity index (χ1n) is 5.40. The second-order valence-electron chi connectivity index (χ2n) is 3.99. The first-order valence-corrected chi connectivity index (χ1v) is 5.40. The van der Waals surface area contributed by atoms with Crippen molar-refractivity contribution in [3.8, 4) is 0 Å². The van der Waals surface area contributed by atoms with E-state index in [9.17, 15) is 0 Å². The zero-order chi connectivity index (χ0) is 10.8. The Bertz CT molecular complexity index is 506. The number of allylic oxidation sites excluding steroid dienone is 1. The number of benzene rings is 2. The van der Waals surface area contributed by atoms with Crippen LogP contribution < -0.4 is 0 Å². The average molecular weight is 196 g/mol. The zero-order valence-electron chi connectivity index (χ0n) is 9.38. The number of aryl methyl sites for hydroxylation is 1. The highest BCUT2D eigenvalue weighted by atomic mass is 14.1. The first-order chi connectivity index (χ1) is 7.22. The van der Waals surface area contributed by atoms with Crippen molar-refractivity contribution in [2.45, 2.75) is 20.3 Å². The van der Waals surface area contributed by atoms with Gasteiger partial charge in [-0.3, -0.25) is 0 Å². The quantitative estimate of drug-likeness (QED) is 0.666. The summed E-state index contributed by atoms with van der Waals surface area (Å²) in [6, 6.07) is 13.1. The third-order valence-corrected chi connectivity index (χ3v) is 2.85. The standard InChI is InChI=1S/C15H16/c1-4-12-6-5-7-13-8-9-14(11(2)3)10-15(12)13/h5-10H,2,4H2,1,3H3. The summed E-state index contributed by atoms with van der Waals surface area (Å²) in [4.78, 5) is 0. The molecule has 2 aromatic carbocycles. The summed E-state index contributed by atoms with van der Waals surface area (Å²) in [5.41, 5.74) is 3.78. The van der Waals surface area contributed by atoms with E-state index in [0.29, 0.717) is 0 Å². The molecule has 0 spiro atoms. The maximum Gasteiger partial charge on any atom is -0.0146 e. The minimum Gasteiger partial charge on any atom is -0.0955 e. The second kappa shape index (κ2) is 3.90. The molecule has 0 aliphatic rings. The minimum atomic E-state index is 1.08. The van der Waals surface area contributed by atoms with Crippen LogP contribution in [0.3, 0.4) is 0 Å². The third kappa shape index (κ3) is 1.80. The van der Waals surface area contributed by atoms with Crippen molar-refractivity contribution in [2.24, 2.45) is 0 Å². The Morgan fingerprint density at radius 1 is 1.20 bits per heavy atom. The molecule has 0 unspecified atom stereocenters. The van der Waals surface area contributed by atoms with Crippen LogP contribution in [0.5, 0.6) is 0 Å². The van der Waals surface area contributed by atoms with Crippen LogP contribution in [0.25, 0.3) is 16.3 Å². The molecular weight excluding hydrogens is 180 g/mol. The normalized spacial score (nSPS) is 10.5. The van der Waals surface area contributed by atoms with Crippen LogP contribution in [0, 0.1) is 0 Å². The number of hydrogen-bond donors (Lipinski definition) is 0. The highest BCUT2D eigenvalue weighted by molar-refractivity contribution is 5.88. The van der Waals surface area contributed by atoms with Gasteiger partial charge in [0.05, 0.1) is 0 Å². The SMILES string of the molecule is C=C(C)c1ccc2cccc(CC)c2c1. The number of hydrogen-bond acceptors (Lipinski definition) is 0. The van der Waals surface area contributed by atoms with Crippen LogP contribution in [-0.4, -0.2) is 0 Å². The Hall–Kier alpha value is -1.56. The molecule has 0 nitrogen and oxygen atoms in total. The smallest absolute Gasteiger partial charge is 0.0146 e. The molecule has 0 atom stereocenters. The summed E-state index contributed by atoms with van der Waals surface area (Å²) in [5.74, 6) is 0. The molecule has 0 saturated carbocycles. The van der Waals surface area contributed by atoms with Crippen molar-refractivity contribution in [1.29, 1.82) is 0 Å². The lowest BCUT2D eigenvalue weighted by Crippen LogP contribution is -1.85. The lowest BCUT2D eigenvalue weighted by atomic mass is 9.98. The lowest BCUT2D eigenvalue weighted by Gasteiger charge is -2.07. The summed E-state index contributed by atoms with van der Waals surface area (Å²) in [5, 5.41) is 2.68. The predicted octanol–water partition coefficient (Wildman–Crippen LogP) is 4.44. The van der Waals surface area contributed by atoms with Gasteiger partial charge in [0.25, 0.3) is 0 Å². The molecule has 0 aliphatic heterocycles. The van der Waals surface area contributed by atoms with Gasteiger partial charge < -0.3 is 0 Å². The van der Waals surface area contributed by atoms with Crippen LogP contribution in [0.4, 0.5) is 0 Å². The molecule has 0 aliphatic carbocycles. The van der Waals surface area contributed by atoms with Crippen molar-refractivity contribution in [2.75, 3.05) is 0 Å². The monoisotopic (exact) mass is 196 g/mol. The van der Waals surface area contributed by atoms with Crippen LogP contribution in [0.1, 0.15) is 25.0 Å². The molecular formula is C15H16. The van der Waals surface area contributed by atoms with Crippen molar-refractivity contribution < 1.29 is 0 Å². The maximum atomic E-state index is 3.99. The van der Waals surface area contributed by atoms with Gasteiger partial charge in [-0.1, -0.05) is 49.4 Å². The van der Waals surface area contributed by atoms with Gasteiger partial charge in [-0.05, 0) is 41.3 Å². The molecule has 0 heterocycles. The largest absolute Gasteiger partial charge is 0.0955 e. The molecule has 0 radical (unpaired) electrons. The molecule has 0 fully saturated rings. The first kappa shape index (κ1) is 9.97. The molecule has 76 valence electrons. The van der Waals surface area contributed by atoms with E-state index in [-0.39, 0.29) is 0 Å². The van der Waals surface area contributed by atoms with Crippen molar-refractivity contribution in [3.05, 3.63) is 54.1 Å². The zero-order valence-corrected chi connectivity index (χ0v) is 9.38. The summed E-state index contributed by atoms with van der Waals surface area (Å²) in [6.45, 7) is 8.24. The Labute approximate surface area is 91.2 Å². The topological polar surface area (TPSA) is 0 Å². The van der Waals surface area contributed by atoms with Gasteiger partial charge in [-0.15, -0.1) is 0 Å². The molecule has 15 heavy (non-hydrogen) atoms. The highest BCUT2D eigenvalue weighted by Gasteiger charge is 2.00. The fraction of sp³-hybridized carbons (Fsp3) is 0.200. The van der Waals surface area contributed by atoms with Gasteiger partial charge in [0.15, 0.2) is 0 Å². The number of rotatable bonds is 2. The van der Waals surface area contributed by atoms with Crippen molar-refractivity contribution in [1.82, 2.24) is 0 Å². The van der Waals surface area contributed by atoms with E-state index < -0.39 is 0 Å². The maximum absolute atomic E-state index is 3.99. The van der Waals surface area contributed by atoms with E-state index in [0.717, 1.165) is 12.0 Å². The van der Waals surface area contributed by atoms with Crippen LogP contribution in [-0.2, 0) is 6.42 Å². The summed E-state index contributed by atoms with van der Waals surface area (Å²) < 4.78 is 0. The molecule has 0 amide bonds. The van der Waals surface area contributed by atoms with Gasteiger partial charge in [0.1, 0.15) is 0 Å². The minimum absolute atomic E-state index is 1.08. The van der Waals surface area contributed by atoms with E-state index in [2.05, 4.69) is 56.8 Å². The third-order valence-electron chi connectivity index (χ3n) is 2.85. The molecule has 2 aromatic rings. The Morgan fingerprint density at radius 2 is 2.00 bits per heavy atom. The van der Waals surface area contributed by atoms with Gasteiger partial charge in [-0.2, -0.15) is 0 Å². The number of fused-ring (bicyclic) bond motifs is 1. The molecule has 0 N–H and O–H groups in total. The van der Waals surface area contributed by atoms with E-state index in [1.54, 1.807) is 0 Å². The highest BCUT2D eigenvalue weighted by Crippen LogP contribution is 2.23. The Balaban J connectivity index is 2.72. The van der Waals surface area contributed by atoms with E-state index >= 15 is 0 Å². The van der Waals surface area contributed by atoms with E-state index in [4.69, 9.17) is 0 Å².